The first kappa shape index (κ1) is 12.4. The van der Waals surface area contributed by atoms with Crippen LogP contribution in [0.5, 0.6) is 0 Å². The molecule has 2 rings (SSSR count). The van der Waals surface area contributed by atoms with E-state index in [-0.39, 0.29) is 11.6 Å². The molecular formula is C11H11F3N4. The molecule has 2 aromatic heterocycles. The van der Waals surface area contributed by atoms with Gasteiger partial charge in [0.1, 0.15) is 5.82 Å². The number of nitrogen functional groups attached to an aromatic ring is 1. The number of rotatable bonds is 1. The van der Waals surface area contributed by atoms with E-state index in [4.69, 9.17) is 5.73 Å². The highest BCUT2D eigenvalue weighted by Crippen LogP contribution is 2.31. The molecule has 7 heteroatoms. The zero-order chi connectivity index (χ0) is 13.5. The second-order valence-corrected chi connectivity index (χ2v) is 3.98. The maximum Gasteiger partial charge on any atom is 0.416 e. The van der Waals surface area contributed by atoms with E-state index in [1.807, 2.05) is 0 Å². The molecule has 0 saturated carbocycles. The van der Waals surface area contributed by atoms with Gasteiger partial charge in [-0.05, 0) is 32.0 Å². The number of hydrogen-bond acceptors (Lipinski definition) is 3. The fourth-order valence-corrected chi connectivity index (χ4v) is 1.67. The first-order valence-electron chi connectivity index (χ1n) is 5.16. The molecule has 4 nitrogen and oxygen atoms in total. The van der Waals surface area contributed by atoms with Gasteiger partial charge in [0.15, 0.2) is 5.82 Å². The van der Waals surface area contributed by atoms with Gasteiger partial charge in [0.2, 0.25) is 0 Å². The van der Waals surface area contributed by atoms with Crippen molar-refractivity contribution in [2.75, 3.05) is 5.73 Å². The fraction of sp³-hybridized carbons (Fsp3) is 0.273. The third kappa shape index (κ3) is 2.29. The van der Waals surface area contributed by atoms with E-state index >= 15 is 0 Å². The van der Waals surface area contributed by atoms with Crippen molar-refractivity contribution in [1.29, 1.82) is 0 Å². The Morgan fingerprint density at radius 3 is 2.33 bits per heavy atom. The van der Waals surface area contributed by atoms with E-state index in [9.17, 15) is 13.2 Å². The number of pyridine rings is 1. The number of hydrogen-bond donors (Lipinski definition) is 1. The molecule has 0 unspecified atom stereocenters. The molecule has 2 N–H and O–H groups in total. The zero-order valence-electron chi connectivity index (χ0n) is 9.78. The van der Waals surface area contributed by atoms with Crippen molar-refractivity contribution in [2.24, 2.45) is 0 Å². The SMILES string of the molecule is Cc1cc(C)n(-c2cc(C(F)(F)F)cc(N)n2)n1. The molecule has 0 radical (unpaired) electrons. The molecule has 2 aromatic rings. The van der Waals surface area contributed by atoms with Crippen LogP contribution in [0.2, 0.25) is 0 Å². The van der Waals surface area contributed by atoms with Gasteiger partial charge in [0, 0.05) is 5.69 Å². The molecule has 0 aromatic carbocycles. The van der Waals surface area contributed by atoms with Crippen LogP contribution in [0.4, 0.5) is 19.0 Å². The Morgan fingerprint density at radius 2 is 1.83 bits per heavy atom. The fourth-order valence-electron chi connectivity index (χ4n) is 1.67. The minimum Gasteiger partial charge on any atom is -0.384 e. The van der Waals surface area contributed by atoms with Gasteiger partial charge in [-0.25, -0.2) is 9.67 Å². The third-order valence-electron chi connectivity index (χ3n) is 2.39. The second-order valence-electron chi connectivity index (χ2n) is 3.98. The van der Waals surface area contributed by atoms with E-state index in [1.165, 1.54) is 4.68 Å². The van der Waals surface area contributed by atoms with Gasteiger partial charge in [-0.1, -0.05) is 0 Å². The van der Waals surface area contributed by atoms with Crippen molar-refractivity contribution in [3.63, 3.8) is 0 Å². The van der Waals surface area contributed by atoms with Gasteiger partial charge in [-0.15, -0.1) is 0 Å². The molecule has 2 heterocycles. The number of anilines is 1. The number of halogens is 3. The second kappa shape index (κ2) is 4.01. The topological polar surface area (TPSA) is 56.7 Å². The first-order chi connectivity index (χ1) is 8.27. The lowest BCUT2D eigenvalue weighted by atomic mass is 10.2. The first-order valence-corrected chi connectivity index (χ1v) is 5.16. The molecular weight excluding hydrogens is 245 g/mol. The van der Waals surface area contributed by atoms with Gasteiger partial charge in [0.25, 0.3) is 0 Å². The summed E-state index contributed by atoms with van der Waals surface area (Å²) in [7, 11) is 0. The lowest BCUT2D eigenvalue weighted by molar-refractivity contribution is -0.137. The Hall–Kier alpha value is -2.05. The Kier molecular flexibility index (Phi) is 2.76. The summed E-state index contributed by atoms with van der Waals surface area (Å²) in [5.41, 5.74) is 5.96. The molecule has 0 spiro atoms. The number of aryl methyl sites for hydroxylation is 2. The van der Waals surface area contributed by atoms with Crippen LogP contribution in [0, 0.1) is 13.8 Å². The Labute approximate surface area is 101 Å². The van der Waals surface area contributed by atoms with Gasteiger partial charge < -0.3 is 5.73 Å². The predicted molar refractivity (Wildman–Crippen MR) is 60.2 cm³/mol. The lowest BCUT2D eigenvalue weighted by Crippen LogP contribution is -2.11. The summed E-state index contributed by atoms with van der Waals surface area (Å²) in [6.45, 7) is 3.48. The van der Waals surface area contributed by atoms with Gasteiger partial charge in [0.05, 0.1) is 11.3 Å². The average molecular weight is 256 g/mol. The van der Waals surface area contributed by atoms with Gasteiger partial charge >= 0.3 is 6.18 Å². The highest BCUT2D eigenvalue weighted by atomic mass is 19.4. The summed E-state index contributed by atoms with van der Waals surface area (Å²) in [4.78, 5) is 3.87. The molecule has 0 saturated heterocycles. The average Bonchev–Trinajstić information content (AvgIpc) is 2.55. The normalized spacial score (nSPS) is 11.8. The number of alkyl halides is 3. The van der Waals surface area contributed by atoms with Crippen LogP contribution in [0.25, 0.3) is 5.82 Å². The lowest BCUT2D eigenvalue weighted by Gasteiger charge is -2.10. The Bertz CT molecular complexity index is 586. The number of aromatic nitrogens is 3. The molecule has 0 aliphatic rings. The van der Waals surface area contributed by atoms with Crippen LogP contribution in [0.1, 0.15) is 17.0 Å². The third-order valence-corrected chi connectivity index (χ3v) is 2.39. The largest absolute Gasteiger partial charge is 0.416 e. The Balaban J connectivity index is 2.59. The van der Waals surface area contributed by atoms with Crippen molar-refractivity contribution in [3.8, 4) is 5.82 Å². The molecule has 0 atom stereocenters. The quantitative estimate of drug-likeness (QED) is 0.852. The Morgan fingerprint density at radius 1 is 1.17 bits per heavy atom. The van der Waals surface area contributed by atoms with E-state index in [0.29, 0.717) is 11.4 Å². The van der Waals surface area contributed by atoms with Crippen molar-refractivity contribution in [1.82, 2.24) is 14.8 Å². The number of nitrogens with two attached hydrogens (primary N) is 1. The van der Waals surface area contributed by atoms with Crippen LogP contribution >= 0.6 is 0 Å². The minimum atomic E-state index is -4.46. The van der Waals surface area contributed by atoms with Crippen LogP contribution in [-0.2, 0) is 6.18 Å². The van der Waals surface area contributed by atoms with E-state index < -0.39 is 11.7 Å². The van der Waals surface area contributed by atoms with Crippen molar-refractivity contribution < 1.29 is 13.2 Å². The molecule has 0 fully saturated rings. The van der Waals surface area contributed by atoms with E-state index in [0.717, 1.165) is 12.1 Å². The molecule has 18 heavy (non-hydrogen) atoms. The molecule has 0 amide bonds. The van der Waals surface area contributed by atoms with Gasteiger partial charge in [-0.3, -0.25) is 0 Å². The zero-order valence-corrected chi connectivity index (χ0v) is 9.78. The minimum absolute atomic E-state index is 0.0629. The summed E-state index contributed by atoms with van der Waals surface area (Å²) in [6, 6.07) is 3.48. The molecule has 0 aliphatic heterocycles. The van der Waals surface area contributed by atoms with Crippen molar-refractivity contribution >= 4 is 5.82 Å². The summed E-state index contributed by atoms with van der Waals surface area (Å²) in [6.07, 6.45) is -4.46. The van der Waals surface area contributed by atoms with Crippen LogP contribution in [0.15, 0.2) is 18.2 Å². The molecule has 96 valence electrons. The van der Waals surface area contributed by atoms with E-state index in [2.05, 4.69) is 10.1 Å². The standard InChI is InChI=1S/C11H11F3N4/c1-6-3-7(2)18(17-6)10-5-8(11(12,13)14)4-9(15)16-10/h3-5H,1-2H3,(H2,15,16). The smallest absolute Gasteiger partial charge is 0.384 e. The highest BCUT2D eigenvalue weighted by Gasteiger charge is 2.31. The summed E-state index contributed by atoms with van der Waals surface area (Å²) in [5.74, 6) is -0.125. The summed E-state index contributed by atoms with van der Waals surface area (Å²) in [5, 5.41) is 4.08. The van der Waals surface area contributed by atoms with Crippen LogP contribution in [-0.4, -0.2) is 14.8 Å². The maximum absolute atomic E-state index is 12.7. The molecule has 0 aliphatic carbocycles. The summed E-state index contributed by atoms with van der Waals surface area (Å²) < 4.78 is 39.3. The molecule has 0 bridgehead atoms. The van der Waals surface area contributed by atoms with Gasteiger partial charge in [-0.2, -0.15) is 18.3 Å². The van der Waals surface area contributed by atoms with Crippen molar-refractivity contribution in [2.45, 2.75) is 20.0 Å². The highest BCUT2D eigenvalue weighted by molar-refractivity contribution is 5.42. The van der Waals surface area contributed by atoms with Crippen LogP contribution in [0.3, 0.4) is 0 Å². The van der Waals surface area contributed by atoms with Crippen molar-refractivity contribution in [3.05, 3.63) is 35.2 Å². The number of nitrogens with zero attached hydrogens (tertiary/aromatic N) is 3. The van der Waals surface area contributed by atoms with Crippen LogP contribution < -0.4 is 5.73 Å². The predicted octanol–water partition coefficient (Wildman–Crippen LogP) is 2.49. The monoisotopic (exact) mass is 256 g/mol. The van der Waals surface area contributed by atoms with E-state index in [1.54, 1.807) is 19.9 Å². The summed E-state index contributed by atoms with van der Waals surface area (Å²) >= 11 is 0. The maximum atomic E-state index is 12.7.